The number of rotatable bonds is 2. The molecule has 0 aliphatic carbocycles. The SMILES string of the molecule is N#CC(C#N)=CNc1cccc(I)c1. The zero-order chi connectivity index (χ0) is 10.4. The van der Waals surface area contributed by atoms with Crippen molar-refractivity contribution in [3.8, 4) is 12.1 Å². The van der Waals surface area contributed by atoms with Gasteiger partial charge >= 0.3 is 0 Å². The fourth-order valence-corrected chi connectivity index (χ4v) is 1.37. The predicted molar refractivity (Wildman–Crippen MR) is 62.1 cm³/mol. The molecule has 1 rings (SSSR count). The van der Waals surface area contributed by atoms with Crippen molar-refractivity contribution in [1.82, 2.24) is 0 Å². The van der Waals surface area contributed by atoms with Crippen molar-refractivity contribution in [2.24, 2.45) is 0 Å². The number of hydrogen-bond donors (Lipinski definition) is 1. The average molecular weight is 295 g/mol. The molecule has 0 bridgehead atoms. The predicted octanol–water partition coefficient (Wildman–Crippen LogP) is 2.63. The van der Waals surface area contributed by atoms with Crippen LogP contribution in [0.3, 0.4) is 0 Å². The molecule has 3 nitrogen and oxygen atoms in total. The second kappa shape index (κ2) is 5.25. The van der Waals surface area contributed by atoms with Crippen molar-refractivity contribution >= 4 is 28.3 Å². The standard InChI is InChI=1S/C10H6IN3/c11-9-2-1-3-10(4-9)14-7-8(5-12)6-13/h1-4,7,14H. The van der Waals surface area contributed by atoms with Crippen LogP contribution in [0.1, 0.15) is 0 Å². The number of allylic oxidation sites excluding steroid dienone is 1. The Balaban J connectivity index is 2.77. The first kappa shape index (κ1) is 10.6. The van der Waals surface area contributed by atoms with Crippen molar-refractivity contribution in [2.45, 2.75) is 0 Å². The summed E-state index contributed by atoms with van der Waals surface area (Å²) in [5, 5.41) is 19.8. The van der Waals surface area contributed by atoms with Gasteiger partial charge in [0.15, 0.2) is 0 Å². The van der Waals surface area contributed by atoms with Gasteiger partial charge in [-0.2, -0.15) is 10.5 Å². The fraction of sp³-hybridized carbons (Fsp3) is 0. The van der Waals surface area contributed by atoms with Crippen LogP contribution in [-0.4, -0.2) is 0 Å². The van der Waals surface area contributed by atoms with Gasteiger partial charge in [-0.05, 0) is 40.8 Å². The Morgan fingerprint density at radius 3 is 2.64 bits per heavy atom. The Morgan fingerprint density at radius 2 is 2.07 bits per heavy atom. The third kappa shape index (κ3) is 3.08. The molecule has 0 unspecified atom stereocenters. The Morgan fingerprint density at radius 1 is 1.36 bits per heavy atom. The third-order valence-corrected chi connectivity index (χ3v) is 2.12. The van der Waals surface area contributed by atoms with E-state index < -0.39 is 0 Å². The molecule has 0 aliphatic heterocycles. The van der Waals surface area contributed by atoms with Crippen LogP contribution in [0.5, 0.6) is 0 Å². The van der Waals surface area contributed by atoms with Crippen LogP contribution in [-0.2, 0) is 0 Å². The van der Waals surface area contributed by atoms with Crippen LogP contribution in [0.15, 0.2) is 36.0 Å². The van der Waals surface area contributed by atoms with Crippen molar-refractivity contribution in [1.29, 1.82) is 10.5 Å². The highest BCUT2D eigenvalue weighted by Gasteiger charge is 1.92. The lowest BCUT2D eigenvalue weighted by atomic mass is 10.3. The highest BCUT2D eigenvalue weighted by molar-refractivity contribution is 14.1. The average Bonchev–Trinajstić information content (AvgIpc) is 2.19. The van der Waals surface area contributed by atoms with Gasteiger partial charge < -0.3 is 5.32 Å². The lowest BCUT2D eigenvalue weighted by molar-refractivity contribution is 1.44. The van der Waals surface area contributed by atoms with Gasteiger partial charge in [-0.25, -0.2) is 0 Å². The zero-order valence-electron chi connectivity index (χ0n) is 7.16. The Hall–Kier alpha value is -1.53. The fourth-order valence-electron chi connectivity index (χ4n) is 0.823. The first-order chi connectivity index (χ1) is 6.76. The molecular weight excluding hydrogens is 289 g/mol. The number of anilines is 1. The van der Waals surface area contributed by atoms with E-state index in [2.05, 4.69) is 27.9 Å². The van der Waals surface area contributed by atoms with Gasteiger partial charge in [-0.1, -0.05) is 6.07 Å². The summed E-state index contributed by atoms with van der Waals surface area (Å²) >= 11 is 2.19. The largest absolute Gasteiger partial charge is 0.360 e. The van der Waals surface area contributed by atoms with E-state index in [4.69, 9.17) is 10.5 Å². The molecule has 14 heavy (non-hydrogen) atoms. The quantitative estimate of drug-likeness (QED) is 0.674. The molecule has 0 spiro atoms. The molecular formula is C10H6IN3. The van der Waals surface area contributed by atoms with Crippen LogP contribution < -0.4 is 5.32 Å². The third-order valence-electron chi connectivity index (χ3n) is 1.45. The van der Waals surface area contributed by atoms with Gasteiger partial charge in [-0.3, -0.25) is 0 Å². The van der Waals surface area contributed by atoms with E-state index in [1.807, 2.05) is 24.3 Å². The van der Waals surface area contributed by atoms with Gasteiger partial charge in [-0.15, -0.1) is 0 Å². The summed E-state index contributed by atoms with van der Waals surface area (Å²) in [7, 11) is 0. The topological polar surface area (TPSA) is 59.6 Å². The molecule has 4 heteroatoms. The highest BCUT2D eigenvalue weighted by atomic mass is 127. The van der Waals surface area contributed by atoms with Gasteiger partial charge in [0.2, 0.25) is 0 Å². The second-order valence-electron chi connectivity index (χ2n) is 2.44. The van der Waals surface area contributed by atoms with Crippen molar-refractivity contribution in [3.63, 3.8) is 0 Å². The number of nitrogens with zero attached hydrogens (tertiary/aromatic N) is 2. The second-order valence-corrected chi connectivity index (χ2v) is 3.68. The Labute approximate surface area is 95.8 Å². The van der Waals surface area contributed by atoms with Crippen molar-refractivity contribution in [2.75, 3.05) is 5.32 Å². The van der Waals surface area contributed by atoms with E-state index in [1.165, 1.54) is 6.20 Å². The summed E-state index contributed by atoms with van der Waals surface area (Å²) in [4.78, 5) is 0. The molecule has 0 radical (unpaired) electrons. The van der Waals surface area contributed by atoms with Crippen molar-refractivity contribution < 1.29 is 0 Å². The van der Waals surface area contributed by atoms with Gasteiger partial charge in [0.1, 0.15) is 17.7 Å². The minimum atomic E-state index is 0.0591. The highest BCUT2D eigenvalue weighted by Crippen LogP contribution is 2.12. The smallest absolute Gasteiger partial charge is 0.145 e. The summed E-state index contributed by atoms with van der Waals surface area (Å²) in [6.07, 6.45) is 1.39. The number of benzene rings is 1. The minimum Gasteiger partial charge on any atom is -0.360 e. The number of nitrogens with one attached hydrogen (secondary N) is 1. The molecule has 0 heterocycles. The number of nitriles is 2. The molecule has 0 aliphatic rings. The lowest BCUT2D eigenvalue weighted by Gasteiger charge is -1.99. The molecule has 0 saturated heterocycles. The first-order valence-corrected chi connectivity index (χ1v) is 4.86. The Bertz CT molecular complexity index is 421. The normalized spacial score (nSPS) is 8.21. The van der Waals surface area contributed by atoms with E-state index in [-0.39, 0.29) is 5.57 Å². The molecule has 0 saturated carbocycles. The van der Waals surface area contributed by atoms with Crippen LogP contribution in [0.4, 0.5) is 5.69 Å². The van der Waals surface area contributed by atoms with E-state index in [1.54, 1.807) is 12.1 Å². The number of hydrogen-bond acceptors (Lipinski definition) is 3. The molecule has 0 atom stereocenters. The Kier molecular flexibility index (Phi) is 3.96. The van der Waals surface area contributed by atoms with E-state index in [0.29, 0.717) is 0 Å². The summed E-state index contributed by atoms with van der Waals surface area (Å²) in [6, 6.07) is 11.2. The minimum absolute atomic E-state index is 0.0591. The van der Waals surface area contributed by atoms with Gasteiger partial charge in [0.05, 0.1) is 0 Å². The molecule has 1 aromatic rings. The molecule has 1 N–H and O–H groups in total. The van der Waals surface area contributed by atoms with Crippen molar-refractivity contribution in [3.05, 3.63) is 39.6 Å². The maximum Gasteiger partial charge on any atom is 0.145 e. The van der Waals surface area contributed by atoms with E-state index >= 15 is 0 Å². The lowest BCUT2D eigenvalue weighted by Crippen LogP contribution is -1.89. The van der Waals surface area contributed by atoms with E-state index in [9.17, 15) is 0 Å². The zero-order valence-corrected chi connectivity index (χ0v) is 9.32. The molecule has 0 amide bonds. The monoisotopic (exact) mass is 295 g/mol. The van der Waals surface area contributed by atoms with Gasteiger partial charge in [0.25, 0.3) is 0 Å². The van der Waals surface area contributed by atoms with E-state index in [0.717, 1.165) is 9.26 Å². The summed E-state index contributed by atoms with van der Waals surface area (Å²) in [6.45, 7) is 0. The van der Waals surface area contributed by atoms with Crippen LogP contribution in [0.2, 0.25) is 0 Å². The summed E-state index contributed by atoms with van der Waals surface area (Å²) in [5.41, 5.74) is 0.920. The first-order valence-electron chi connectivity index (χ1n) is 3.78. The molecule has 68 valence electrons. The number of halogens is 1. The maximum absolute atomic E-state index is 8.48. The molecule has 0 fully saturated rings. The molecule has 1 aromatic carbocycles. The summed E-state index contributed by atoms with van der Waals surface area (Å²) < 4.78 is 1.09. The van der Waals surface area contributed by atoms with Crippen LogP contribution in [0.25, 0.3) is 0 Å². The van der Waals surface area contributed by atoms with Gasteiger partial charge in [0, 0.05) is 15.5 Å². The maximum atomic E-state index is 8.48. The molecule has 0 aromatic heterocycles. The van der Waals surface area contributed by atoms with Crippen LogP contribution >= 0.6 is 22.6 Å². The summed E-state index contributed by atoms with van der Waals surface area (Å²) in [5.74, 6) is 0. The van der Waals surface area contributed by atoms with Crippen LogP contribution in [0, 0.1) is 26.2 Å².